The molecular formula is C39H28N2O. The molecule has 3 heteroatoms. The average molecular weight is 541 g/mol. The van der Waals surface area contributed by atoms with E-state index in [4.69, 9.17) is 4.42 Å². The van der Waals surface area contributed by atoms with Crippen molar-refractivity contribution in [1.29, 1.82) is 0 Å². The number of benzene rings is 6. The third kappa shape index (κ3) is 3.00. The first kappa shape index (κ1) is 23.4. The van der Waals surface area contributed by atoms with Gasteiger partial charge in [-0.15, -0.1) is 0 Å². The van der Waals surface area contributed by atoms with Gasteiger partial charge in [-0.2, -0.15) is 0 Å². The molecule has 3 nitrogen and oxygen atoms in total. The van der Waals surface area contributed by atoms with Gasteiger partial charge in [-0.25, -0.2) is 9.69 Å². The largest absolute Gasteiger partial charge is 0.456 e. The van der Waals surface area contributed by atoms with Gasteiger partial charge in [0.15, 0.2) is 0 Å². The molecular weight excluding hydrogens is 512 g/mol. The summed E-state index contributed by atoms with van der Waals surface area (Å²) in [7, 11) is 0. The minimum absolute atomic E-state index is 0.239. The summed E-state index contributed by atoms with van der Waals surface area (Å²) in [5, 5.41) is 7.22. The second-order valence-electron chi connectivity index (χ2n) is 11.8. The number of aromatic nitrogens is 1. The molecule has 0 atom stereocenters. The maximum Gasteiger partial charge on any atom is 0.140 e. The molecule has 42 heavy (non-hydrogen) atoms. The highest BCUT2D eigenvalue weighted by atomic mass is 16.3. The van der Waals surface area contributed by atoms with Crippen LogP contribution in [0.25, 0.3) is 54.9 Å². The zero-order valence-electron chi connectivity index (χ0n) is 23.5. The molecule has 6 aromatic carbocycles. The van der Waals surface area contributed by atoms with Crippen LogP contribution in [0.3, 0.4) is 0 Å². The van der Waals surface area contributed by atoms with E-state index in [-0.39, 0.29) is 5.41 Å². The Hall–Kier alpha value is -5.28. The molecule has 0 aliphatic heterocycles. The number of furan rings is 1. The summed E-state index contributed by atoms with van der Waals surface area (Å²) in [6.07, 6.45) is 0. The Morgan fingerprint density at radius 3 is 1.95 bits per heavy atom. The topological polar surface area (TPSA) is 21.3 Å². The van der Waals surface area contributed by atoms with E-state index in [0.29, 0.717) is 0 Å². The summed E-state index contributed by atoms with van der Waals surface area (Å²) in [4.78, 5) is 0. The van der Waals surface area contributed by atoms with Gasteiger partial charge >= 0.3 is 0 Å². The van der Waals surface area contributed by atoms with Crippen molar-refractivity contribution in [3.8, 4) is 11.1 Å². The molecule has 2 aromatic heterocycles. The summed E-state index contributed by atoms with van der Waals surface area (Å²) < 4.78 is 9.01. The summed E-state index contributed by atoms with van der Waals surface area (Å²) >= 11 is 0. The van der Waals surface area contributed by atoms with Gasteiger partial charge in [0.1, 0.15) is 11.2 Å². The van der Waals surface area contributed by atoms with Gasteiger partial charge in [0, 0.05) is 38.1 Å². The lowest BCUT2D eigenvalue weighted by Crippen LogP contribution is -2.25. The summed E-state index contributed by atoms with van der Waals surface area (Å²) in [5.74, 6) is 0. The van der Waals surface area contributed by atoms with Crippen LogP contribution >= 0.6 is 0 Å². The molecule has 9 rings (SSSR count). The van der Waals surface area contributed by atoms with Crippen molar-refractivity contribution in [2.75, 3.05) is 5.01 Å². The van der Waals surface area contributed by atoms with Crippen LogP contribution in [0.2, 0.25) is 0 Å². The molecule has 200 valence electrons. The van der Waals surface area contributed by atoms with E-state index in [1.165, 1.54) is 54.8 Å². The Labute approximate surface area is 243 Å². The van der Waals surface area contributed by atoms with E-state index in [9.17, 15) is 0 Å². The Morgan fingerprint density at radius 2 is 1.21 bits per heavy atom. The van der Waals surface area contributed by atoms with Gasteiger partial charge in [0.05, 0.1) is 22.4 Å². The molecule has 0 unspecified atom stereocenters. The van der Waals surface area contributed by atoms with E-state index >= 15 is 0 Å². The monoisotopic (exact) mass is 540 g/mol. The van der Waals surface area contributed by atoms with Crippen molar-refractivity contribution < 1.29 is 4.42 Å². The highest BCUT2D eigenvalue weighted by Crippen LogP contribution is 2.56. The minimum Gasteiger partial charge on any atom is -0.456 e. The molecule has 0 bridgehead atoms. The zero-order valence-corrected chi connectivity index (χ0v) is 23.5. The van der Waals surface area contributed by atoms with Crippen LogP contribution in [-0.2, 0) is 5.41 Å². The second kappa shape index (κ2) is 8.37. The van der Waals surface area contributed by atoms with Crippen LogP contribution in [-0.4, -0.2) is 4.68 Å². The highest BCUT2D eigenvalue weighted by molar-refractivity contribution is 6.11. The van der Waals surface area contributed by atoms with Crippen molar-refractivity contribution >= 4 is 55.1 Å². The molecule has 0 amide bonds. The fourth-order valence-corrected chi connectivity index (χ4v) is 7.32. The number of hydrogen-bond donors (Lipinski definition) is 0. The minimum atomic E-state index is -0.239. The van der Waals surface area contributed by atoms with E-state index < -0.39 is 0 Å². The number of fused-ring (bicyclic) bond motifs is 10. The van der Waals surface area contributed by atoms with Crippen molar-refractivity contribution in [3.63, 3.8) is 0 Å². The number of rotatable bonds is 3. The van der Waals surface area contributed by atoms with Crippen LogP contribution in [0.15, 0.2) is 138 Å². The van der Waals surface area contributed by atoms with Gasteiger partial charge in [0.25, 0.3) is 0 Å². The highest BCUT2D eigenvalue weighted by Gasteiger charge is 2.41. The van der Waals surface area contributed by atoms with Crippen LogP contribution < -0.4 is 5.01 Å². The van der Waals surface area contributed by atoms with Gasteiger partial charge in [-0.3, -0.25) is 0 Å². The number of hydrogen-bond acceptors (Lipinski definition) is 2. The second-order valence-corrected chi connectivity index (χ2v) is 11.8. The van der Waals surface area contributed by atoms with E-state index in [1.807, 2.05) is 6.07 Å². The Bertz CT molecular complexity index is 2290. The predicted octanol–water partition coefficient (Wildman–Crippen LogP) is 10.6. The third-order valence-corrected chi connectivity index (χ3v) is 9.14. The zero-order chi connectivity index (χ0) is 28.0. The van der Waals surface area contributed by atoms with Crippen LogP contribution in [0, 0.1) is 0 Å². The molecule has 1 aliphatic rings. The fraction of sp³-hybridized carbons (Fsp3) is 0.0769. The van der Waals surface area contributed by atoms with E-state index in [0.717, 1.165) is 22.5 Å². The molecule has 0 saturated carbocycles. The van der Waals surface area contributed by atoms with Gasteiger partial charge < -0.3 is 4.42 Å². The van der Waals surface area contributed by atoms with E-state index in [2.05, 4.69) is 151 Å². The normalized spacial score (nSPS) is 13.7. The number of anilines is 2. The van der Waals surface area contributed by atoms with Gasteiger partial charge in [-0.05, 0) is 53.6 Å². The molecule has 0 saturated heterocycles. The fourth-order valence-electron chi connectivity index (χ4n) is 7.32. The van der Waals surface area contributed by atoms with Gasteiger partial charge in [-0.1, -0.05) is 105 Å². The molecule has 8 aromatic rings. The number of para-hydroxylation sites is 4. The van der Waals surface area contributed by atoms with Crippen molar-refractivity contribution in [2.45, 2.75) is 19.3 Å². The van der Waals surface area contributed by atoms with Crippen molar-refractivity contribution in [1.82, 2.24) is 4.68 Å². The molecule has 2 heterocycles. The average Bonchev–Trinajstić information content (AvgIpc) is 3.65. The summed E-state index contributed by atoms with van der Waals surface area (Å²) in [6, 6.07) is 47.8. The van der Waals surface area contributed by atoms with Crippen LogP contribution in [0.4, 0.5) is 11.4 Å². The van der Waals surface area contributed by atoms with Crippen LogP contribution in [0.5, 0.6) is 0 Å². The first-order valence-electron chi connectivity index (χ1n) is 14.6. The first-order valence-corrected chi connectivity index (χ1v) is 14.6. The molecule has 0 spiro atoms. The quantitative estimate of drug-likeness (QED) is 0.222. The smallest absolute Gasteiger partial charge is 0.140 e. The predicted molar refractivity (Wildman–Crippen MR) is 175 cm³/mol. The lowest BCUT2D eigenvalue weighted by molar-refractivity contribution is 0.620. The summed E-state index contributed by atoms with van der Waals surface area (Å²) in [5.41, 5.74) is 11.3. The maximum atomic E-state index is 6.62. The SMILES string of the molecule is CC1(C)c2cccc(N(c3ccccc3)n3c4ccccc4c4ccccc43)c2-c2ccc3c(oc4ccccc43)c21. The third-order valence-electron chi connectivity index (χ3n) is 9.14. The molecule has 1 aliphatic carbocycles. The first-order chi connectivity index (χ1) is 20.6. The summed E-state index contributed by atoms with van der Waals surface area (Å²) in [6.45, 7) is 4.67. The molecule has 0 fully saturated rings. The lowest BCUT2D eigenvalue weighted by atomic mass is 9.81. The number of nitrogens with zero attached hydrogens (tertiary/aromatic N) is 2. The van der Waals surface area contributed by atoms with Gasteiger partial charge in [0.2, 0.25) is 0 Å². The Morgan fingerprint density at radius 1 is 0.571 bits per heavy atom. The Balaban J connectivity index is 1.40. The van der Waals surface area contributed by atoms with Crippen molar-refractivity contribution in [2.24, 2.45) is 0 Å². The maximum absolute atomic E-state index is 6.62. The van der Waals surface area contributed by atoms with E-state index in [1.54, 1.807) is 0 Å². The van der Waals surface area contributed by atoms with Crippen LogP contribution in [0.1, 0.15) is 25.0 Å². The molecule has 0 N–H and O–H groups in total. The Kier molecular flexibility index (Phi) is 4.67. The standard InChI is InChI=1S/C39H28N2O/c1-39(2)31-18-12-21-34(36(31)30-24-23-29-28-17-8-11-22-35(28)42-38(29)37(30)39)40(25-13-4-3-5-14-25)41-32-19-9-6-15-26(32)27-16-7-10-20-33(27)41/h3-24H,1-2H3. The lowest BCUT2D eigenvalue weighted by Gasteiger charge is -2.30. The molecule has 0 radical (unpaired) electrons. The van der Waals surface area contributed by atoms with Crippen molar-refractivity contribution in [3.05, 3.63) is 145 Å².